The lowest BCUT2D eigenvalue weighted by Crippen LogP contribution is -2.51. The number of nitrogens with zero attached hydrogens (tertiary/aromatic N) is 5. The Morgan fingerprint density at radius 2 is 1.76 bits per heavy atom. The number of hydrazine groups is 1. The average molecular weight is 484 g/mol. The number of aromatic nitrogens is 3. The summed E-state index contributed by atoms with van der Waals surface area (Å²) in [4.78, 5) is 40.3. The second-order valence-corrected chi connectivity index (χ2v) is 10.1. The van der Waals surface area contributed by atoms with Crippen LogP contribution in [0.2, 0.25) is 0 Å². The van der Waals surface area contributed by atoms with Crippen molar-refractivity contribution < 1.29 is 14.4 Å². The van der Waals surface area contributed by atoms with E-state index in [1.54, 1.807) is 0 Å². The summed E-state index contributed by atoms with van der Waals surface area (Å²) < 4.78 is 1.97. The van der Waals surface area contributed by atoms with E-state index in [-0.39, 0.29) is 11.7 Å². The van der Waals surface area contributed by atoms with Crippen molar-refractivity contribution in [3.05, 3.63) is 29.8 Å². The first kappa shape index (κ1) is 22.7. The Balaban J connectivity index is 1.29. The van der Waals surface area contributed by atoms with Crippen LogP contribution in [0.25, 0.3) is 5.69 Å². The van der Waals surface area contributed by atoms with Crippen molar-refractivity contribution in [1.82, 2.24) is 30.5 Å². The summed E-state index contributed by atoms with van der Waals surface area (Å²) >= 11 is 1.23. The number of hydrogen-bond donors (Lipinski definition) is 2. The molecule has 3 fully saturated rings. The van der Waals surface area contributed by atoms with E-state index >= 15 is 0 Å². The van der Waals surface area contributed by atoms with Crippen molar-refractivity contribution in [2.45, 2.75) is 62.6 Å². The summed E-state index contributed by atoms with van der Waals surface area (Å²) in [6.07, 6.45) is 6.26. The number of benzene rings is 1. The molecule has 11 heteroatoms. The van der Waals surface area contributed by atoms with Crippen LogP contribution in [0.3, 0.4) is 0 Å². The van der Waals surface area contributed by atoms with Gasteiger partial charge in [0.05, 0.1) is 11.4 Å². The third-order valence-corrected chi connectivity index (χ3v) is 7.66. The summed E-state index contributed by atoms with van der Waals surface area (Å²) in [6, 6.07) is 7.52. The van der Waals surface area contributed by atoms with Crippen molar-refractivity contribution >= 4 is 35.6 Å². The minimum atomic E-state index is -0.869. The highest BCUT2D eigenvalue weighted by molar-refractivity contribution is 7.99. The predicted molar refractivity (Wildman–Crippen MR) is 128 cm³/mol. The monoisotopic (exact) mass is 483 g/mol. The topological polar surface area (TPSA) is 112 Å². The van der Waals surface area contributed by atoms with Crippen LogP contribution in [0.5, 0.6) is 0 Å². The van der Waals surface area contributed by atoms with E-state index in [9.17, 15) is 14.4 Å². The largest absolute Gasteiger partial charge is 0.344 e. The highest BCUT2D eigenvalue weighted by Gasteiger charge is 2.52. The van der Waals surface area contributed by atoms with E-state index in [1.165, 1.54) is 11.8 Å². The number of aryl methyl sites for hydroxylation is 1. The first-order chi connectivity index (χ1) is 16.5. The molecular weight excluding hydrogens is 454 g/mol. The predicted octanol–water partition coefficient (Wildman–Crippen LogP) is 2.55. The Kier molecular flexibility index (Phi) is 6.20. The van der Waals surface area contributed by atoms with Crippen LogP contribution >= 0.6 is 11.8 Å². The average Bonchev–Trinajstić information content (AvgIpc) is 3.55. The lowest BCUT2D eigenvalue weighted by Gasteiger charge is -2.30. The van der Waals surface area contributed by atoms with Crippen LogP contribution in [-0.2, 0) is 9.59 Å². The zero-order chi connectivity index (χ0) is 23.7. The lowest BCUT2D eigenvalue weighted by molar-refractivity contribution is -0.139. The third-order valence-electron chi connectivity index (χ3n) is 6.74. The maximum atomic E-state index is 12.9. The molecule has 1 spiro atoms. The normalized spacial score (nSPS) is 19.7. The molecule has 1 aromatic carbocycles. The molecule has 0 unspecified atom stereocenters. The van der Waals surface area contributed by atoms with E-state index in [0.717, 1.165) is 67.4 Å². The second kappa shape index (κ2) is 9.28. The first-order valence-corrected chi connectivity index (χ1v) is 12.8. The standard InChI is InChI=1S/C23H29N7O3S/c1-16-7-9-17(10-8-16)29-20(28-13-5-6-14-28)25-26-22(29)34-15-18(31)27-30-19(32)23(24-21(30)33)11-3-2-4-12-23/h7-10H,2-6,11-15H2,1H3,(H,24,33)(H,27,31). The molecule has 180 valence electrons. The highest BCUT2D eigenvalue weighted by Crippen LogP contribution is 2.33. The van der Waals surface area contributed by atoms with Crippen molar-refractivity contribution in [2.24, 2.45) is 0 Å². The molecule has 1 aliphatic carbocycles. The molecule has 0 radical (unpaired) electrons. The number of carbonyl (C=O) groups excluding carboxylic acids is 3. The quantitative estimate of drug-likeness (QED) is 0.480. The fraction of sp³-hybridized carbons (Fsp3) is 0.522. The van der Waals surface area contributed by atoms with Crippen LogP contribution in [0, 0.1) is 6.92 Å². The Labute approximate surface area is 202 Å². The van der Waals surface area contributed by atoms with Crippen LogP contribution in [0.4, 0.5) is 10.7 Å². The smallest absolute Gasteiger partial charge is 0.341 e. The van der Waals surface area contributed by atoms with Gasteiger partial charge in [-0.15, -0.1) is 10.2 Å². The number of imide groups is 1. The fourth-order valence-electron chi connectivity index (χ4n) is 4.90. The Hall–Kier alpha value is -3.08. The van der Waals surface area contributed by atoms with Gasteiger partial charge >= 0.3 is 6.03 Å². The number of carbonyl (C=O) groups is 3. The maximum Gasteiger partial charge on any atom is 0.344 e. The molecular formula is C23H29N7O3S. The Morgan fingerprint density at radius 3 is 2.47 bits per heavy atom. The number of nitrogens with one attached hydrogen (secondary N) is 2. The zero-order valence-corrected chi connectivity index (χ0v) is 20.1. The molecule has 34 heavy (non-hydrogen) atoms. The Morgan fingerprint density at radius 1 is 1.06 bits per heavy atom. The van der Waals surface area contributed by atoms with Crippen LogP contribution in [-0.4, -0.2) is 62.0 Å². The maximum absolute atomic E-state index is 12.9. The lowest BCUT2D eigenvalue weighted by atomic mass is 9.82. The molecule has 2 N–H and O–H groups in total. The van der Waals surface area contributed by atoms with Gasteiger partial charge in [-0.3, -0.25) is 19.6 Å². The fourth-order valence-corrected chi connectivity index (χ4v) is 5.64. The Bertz CT molecular complexity index is 1090. The number of urea groups is 1. The molecule has 4 amide bonds. The van der Waals surface area contributed by atoms with Crippen molar-refractivity contribution in [1.29, 1.82) is 0 Å². The van der Waals surface area contributed by atoms with Gasteiger partial charge in [-0.05, 0) is 44.7 Å². The SMILES string of the molecule is Cc1ccc(-n2c(SCC(=O)NN3C(=O)NC4(CCCCC4)C3=O)nnc2N2CCCC2)cc1. The van der Waals surface area contributed by atoms with Crippen molar-refractivity contribution in [3.63, 3.8) is 0 Å². The zero-order valence-electron chi connectivity index (χ0n) is 19.2. The van der Waals surface area contributed by atoms with Gasteiger partial charge in [0.15, 0.2) is 5.16 Å². The van der Waals surface area contributed by atoms with Gasteiger partial charge in [-0.1, -0.05) is 48.7 Å². The summed E-state index contributed by atoms with van der Waals surface area (Å²) in [6.45, 7) is 3.87. The molecule has 1 saturated carbocycles. The molecule has 0 atom stereocenters. The molecule has 0 bridgehead atoms. The van der Waals surface area contributed by atoms with Gasteiger partial charge < -0.3 is 10.2 Å². The van der Waals surface area contributed by atoms with Gasteiger partial charge in [0.1, 0.15) is 5.54 Å². The molecule has 10 nitrogen and oxygen atoms in total. The molecule has 2 saturated heterocycles. The minimum Gasteiger partial charge on any atom is -0.341 e. The van der Waals surface area contributed by atoms with Crippen molar-refractivity contribution in [2.75, 3.05) is 23.7 Å². The third kappa shape index (κ3) is 4.24. The van der Waals surface area contributed by atoms with Gasteiger partial charge in [-0.25, -0.2) is 4.79 Å². The molecule has 2 aliphatic heterocycles. The van der Waals surface area contributed by atoms with Gasteiger partial charge in [0.25, 0.3) is 5.91 Å². The number of rotatable bonds is 6. The first-order valence-electron chi connectivity index (χ1n) is 11.8. The molecule has 2 aromatic rings. The van der Waals surface area contributed by atoms with E-state index in [2.05, 4.69) is 25.8 Å². The molecule has 5 rings (SSSR count). The number of hydrogen-bond acceptors (Lipinski definition) is 7. The minimum absolute atomic E-state index is 0.00590. The van der Waals surface area contributed by atoms with E-state index in [1.807, 2.05) is 35.8 Å². The number of amides is 4. The van der Waals surface area contributed by atoms with Crippen molar-refractivity contribution in [3.8, 4) is 5.69 Å². The van der Waals surface area contributed by atoms with E-state index in [4.69, 9.17) is 0 Å². The summed E-state index contributed by atoms with van der Waals surface area (Å²) in [5, 5.41) is 13.0. The van der Waals surface area contributed by atoms with Crippen LogP contribution in [0.1, 0.15) is 50.5 Å². The molecule has 3 aliphatic rings. The van der Waals surface area contributed by atoms with Gasteiger partial charge in [0, 0.05) is 13.1 Å². The van der Waals surface area contributed by atoms with Crippen LogP contribution < -0.4 is 15.6 Å². The van der Waals surface area contributed by atoms with E-state index < -0.39 is 17.5 Å². The van der Waals surface area contributed by atoms with Crippen LogP contribution in [0.15, 0.2) is 29.4 Å². The molecule has 3 heterocycles. The summed E-state index contributed by atoms with van der Waals surface area (Å²) in [5.74, 6) is -0.0524. The molecule has 1 aromatic heterocycles. The van der Waals surface area contributed by atoms with Gasteiger partial charge in [0.2, 0.25) is 11.9 Å². The van der Waals surface area contributed by atoms with Gasteiger partial charge in [-0.2, -0.15) is 5.01 Å². The summed E-state index contributed by atoms with van der Waals surface area (Å²) in [5.41, 5.74) is 3.70. The summed E-state index contributed by atoms with van der Waals surface area (Å²) in [7, 11) is 0. The van der Waals surface area contributed by atoms with E-state index in [0.29, 0.717) is 18.0 Å². The highest BCUT2D eigenvalue weighted by atomic mass is 32.2. The number of anilines is 1. The second-order valence-electron chi connectivity index (χ2n) is 9.18. The number of thioether (sulfide) groups is 1.